The van der Waals surface area contributed by atoms with Crippen LogP contribution < -0.4 is 0 Å². The second kappa shape index (κ2) is 5.60. The standard InChI is InChI=1S/C23H23NO4/c1-4-27-18(25)13-24-19-20(28-21(24)26)23(3)16-11-7-5-9-14(16)22(19,2)15-10-6-8-12-17(15)23/h5-12,19-20H,4,13H2,1-3H3/t19-,20+,22?,23?/m0/s1. The van der Waals surface area contributed by atoms with Crippen LogP contribution in [0.15, 0.2) is 48.5 Å². The Kier molecular flexibility index (Phi) is 3.46. The number of carbonyl (C=O) groups is 2. The summed E-state index contributed by atoms with van der Waals surface area (Å²) < 4.78 is 11.1. The zero-order valence-electron chi connectivity index (χ0n) is 16.3. The lowest BCUT2D eigenvalue weighted by molar-refractivity contribution is -0.144. The molecule has 1 amide bonds. The van der Waals surface area contributed by atoms with Gasteiger partial charge in [0.05, 0.1) is 18.1 Å². The van der Waals surface area contributed by atoms with Crippen molar-refractivity contribution in [2.45, 2.75) is 43.7 Å². The van der Waals surface area contributed by atoms with Crippen LogP contribution >= 0.6 is 0 Å². The molecule has 0 saturated carbocycles. The molecule has 4 aliphatic rings. The van der Waals surface area contributed by atoms with Crippen LogP contribution in [0.2, 0.25) is 0 Å². The highest BCUT2D eigenvalue weighted by Crippen LogP contribution is 2.62. The second-order valence-corrected chi connectivity index (χ2v) is 8.18. The number of ether oxygens (including phenoxy) is 2. The van der Waals surface area contributed by atoms with Crippen molar-refractivity contribution in [1.29, 1.82) is 0 Å². The van der Waals surface area contributed by atoms with E-state index in [1.807, 2.05) is 24.3 Å². The molecule has 0 aromatic heterocycles. The molecule has 2 bridgehead atoms. The Labute approximate surface area is 164 Å². The average Bonchev–Trinajstić information content (AvgIpc) is 3.03. The predicted octanol–water partition coefficient (Wildman–Crippen LogP) is 3.38. The number of nitrogens with zero attached hydrogens (tertiary/aromatic N) is 1. The fourth-order valence-corrected chi connectivity index (χ4v) is 5.77. The van der Waals surface area contributed by atoms with Gasteiger partial charge in [0.25, 0.3) is 0 Å². The van der Waals surface area contributed by atoms with Crippen molar-refractivity contribution in [2.24, 2.45) is 0 Å². The van der Waals surface area contributed by atoms with Crippen LogP contribution in [0.3, 0.4) is 0 Å². The minimum Gasteiger partial charge on any atom is -0.465 e. The number of esters is 1. The maximum absolute atomic E-state index is 12.9. The molecule has 28 heavy (non-hydrogen) atoms. The molecule has 2 aromatic rings. The van der Waals surface area contributed by atoms with E-state index < -0.39 is 22.9 Å². The molecule has 0 radical (unpaired) electrons. The van der Waals surface area contributed by atoms with Crippen LogP contribution in [-0.4, -0.2) is 42.3 Å². The fourth-order valence-electron chi connectivity index (χ4n) is 5.77. The van der Waals surface area contributed by atoms with E-state index in [4.69, 9.17) is 9.47 Å². The summed E-state index contributed by atoms with van der Waals surface area (Å²) >= 11 is 0. The maximum atomic E-state index is 12.9. The summed E-state index contributed by atoms with van der Waals surface area (Å²) in [6.07, 6.45) is -0.801. The van der Waals surface area contributed by atoms with Crippen LogP contribution in [0.4, 0.5) is 4.79 Å². The van der Waals surface area contributed by atoms with Gasteiger partial charge in [0, 0.05) is 5.41 Å². The van der Waals surface area contributed by atoms with Crippen LogP contribution in [0.25, 0.3) is 0 Å². The normalized spacial score (nSPS) is 31.7. The van der Waals surface area contributed by atoms with Gasteiger partial charge in [-0.25, -0.2) is 4.79 Å². The first-order chi connectivity index (χ1) is 13.4. The van der Waals surface area contributed by atoms with Gasteiger partial charge in [0.1, 0.15) is 12.6 Å². The lowest BCUT2D eigenvalue weighted by atomic mass is 9.47. The minimum atomic E-state index is -0.464. The Morgan fingerprint density at radius 3 is 2.00 bits per heavy atom. The van der Waals surface area contributed by atoms with E-state index in [1.165, 1.54) is 22.3 Å². The van der Waals surface area contributed by atoms with Crippen LogP contribution in [0.5, 0.6) is 0 Å². The van der Waals surface area contributed by atoms with E-state index >= 15 is 0 Å². The number of benzene rings is 2. The van der Waals surface area contributed by atoms with E-state index in [1.54, 1.807) is 11.8 Å². The van der Waals surface area contributed by atoms with Crippen molar-refractivity contribution >= 4 is 12.1 Å². The van der Waals surface area contributed by atoms with Gasteiger partial charge in [-0.15, -0.1) is 0 Å². The van der Waals surface area contributed by atoms with Gasteiger partial charge >= 0.3 is 12.1 Å². The van der Waals surface area contributed by atoms with Crippen LogP contribution in [0, 0.1) is 0 Å². The second-order valence-electron chi connectivity index (χ2n) is 8.18. The molecular formula is C23H23NO4. The molecule has 2 aromatic carbocycles. The van der Waals surface area contributed by atoms with E-state index in [0.29, 0.717) is 0 Å². The van der Waals surface area contributed by atoms with Gasteiger partial charge in [0.2, 0.25) is 0 Å². The number of hydrogen-bond donors (Lipinski definition) is 0. The highest BCUT2D eigenvalue weighted by atomic mass is 16.6. The third-order valence-corrected chi connectivity index (χ3v) is 6.94. The zero-order chi connectivity index (χ0) is 19.7. The summed E-state index contributed by atoms with van der Waals surface area (Å²) in [5.74, 6) is -0.406. The molecule has 1 aliphatic heterocycles. The Morgan fingerprint density at radius 1 is 1.00 bits per heavy atom. The molecule has 0 spiro atoms. The van der Waals surface area contributed by atoms with Gasteiger partial charge in [0.15, 0.2) is 0 Å². The first-order valence-corrected chi connectivity index (χ1v) is 9.76. The molecule has 5 heteroatoms. The fraction of sp³-hybridized carbons (Fsp3) is 0.391. The summed E-state index contributed by atoms with van der Waals surface area (Å²) in [6, 6.07) is 16.5. The summed E-state index contributed by atoms with van der Waals surface area (Å²) in [5, 5.41) is 0. The Bertz CT molecular complexity index is 950. The van der Waals surface area contributed by atoms with Crippen molar-refractivity contribution in [2.75, 3.05) is 13.2 Å². The number of hydrogen-bond acceptors (Lipinski definition) is 4. The van der Waals surface area contributed by atoms with Gasteiger partial charge < -0.3 is 9.47 Å². The third-order valence-electron chi connectivity index (χ3n) is 6.94. The lowest BCUT2D eigenvalue weighted by Crippen LogP contribution is -2.66. The summed E-state index contributed by atoms with van der Waals surface area (Å²) in [4.78, 5) is 26.7. The molecule has 1 heterocycles. The summed E-state index contributed by atoms with van der Waals surface area (Å²) in [7, 11) is 0. The molecular weight excluding hydrogens is 354 g/mol. The molecule has 144 valence electrons. The monoisotopic (exact) mass is 377 g/mol. The smallest absolute Gasteiger partial charge is 0.411 e. The quantitative estimate of drug-likeness (QED) is 0.770. The average molecular weight is 377 g/mol. The van der Waals surface area contributed by atoms with Gasteiger partial charge in [-0.3, -0.25) is 9.69 Å². The van der Waals surface area contributed by atoms with Crippen LogP contribution in [0.1, 0.15) is 43.0 Å². The lowest BCUT2D eigenvalue weighted by Gasteiger charge is -2.58. The molecule has 0 unspecified atom stereocenters. The predicted molar refractivity (Wildman–Crippen MR) is 103 cm³/mol. The molecule has 3 aliphatic carbocycles. The molecule has 5 nitrogen and oxygen atoms in total. The Morgan fingerprint density at radius 2 is 1.50 bits per heavy atom. The molecule has 1 saturated heterocycles. The Hall–Kier alpha value is -2.82. The molecule has 2 atom stereocenters. The summed E-state index contributed by atoms with van der Waals surface area (Å²) in [6.45, 7) is 6.28. The van der Waals surface area contributed by atoms with Crippen molar-refractivity contribution in [3.05, 3.63) is 70.8 Å². The first kappa shape index (κ1) is 17.3. The van der Waals surface area contributed by atoms with Crippen LogP contribution in [-0.2, 0) is 25.1 Å². The molecule has 1 fully saturated rings. The summed E-state index contributed by atoms with van der Waals surface area (Å²) in [5.41, 5.74) is 3.86. The maximum Gasteiger partial charge on any atom is 0.411 e. The van der Waals surface area contributed by atoms with E-state index in [2.05, 4.69) is 38.1 Å². The van der Waals surface area contributed by atoms with Gasteiger partial charge in [-0.1, -0.05) is 48.5 Å². The van der Waals surface area contributed by atoms with Crippen molar-refractivity contribution in [3.63, 3.8) is 0 Å². The zero-order valence-corrected chi connectivity index (χ0v) is 16.3. The van der Waals surface area contributed by atoms with Crippen molar-refractivity contribution < 1.29 is 19.1 Å². The van der Waals surface area contributed by atoms with Gasteiger partial charge in [-0.2, -0.15) is 0 Å². The Balaban J connectivity index is 1.75. The van der Waals surface area contributed by atoms with Crippen molar-refractivity contribution in [3.8, 4) is 0 Å². The number of amides is 1. The third kappa shape index (κ3) is 1.87. The highest BCUT2D eigenvalue weighted by molar-refractivity contribution is 5.82. The van der Waals surface area contributed by atoms with E-state index in [-0.39, 0.29) is 25.3 Å². The van der Waals surface area contributed by atoms with Gasteiger partial charge in [-0.05, 0) is 43.0 Å². The minimum absolute atomic E-state index is 0.0934. The first-order valence-electron chi connectivity index (χ1n) is 9.76. The molecule has 6 rings (SSSR count). The van der Waals surface area contributed by atoms with E-state index in [9.17, 15) is 9.59 Å². The molecule has 0 N–H and O–H groups in total. The largest absolute Gasteiger partial charge is 0.465 e. The van der Waals surface area contributed by atoms with Crippen molar-refractivity contribution in [1.82, 2.24) is 4.90 Å². The topological polar surface area (TPSA) is 55.8 Å². The number of carbonyl (C=O) groups excluding carboxylic acids is 2. The SMILES string of the molecule is CCOC(=O)CN1C(=O)O[C@@H]2[C@H]1C1(C)c3ccccc3C2(C)c2ccccc21. The number of rotatable bonds is 3. The van der Waals surface area contributed by atoms with E-state index in [0.717, 1.165) is 0 Å². The highest BCUT2D eigenvalue weighted by Gasteiger charge is 2.68.